The van der Waals surface area contributed by atoms with Crippen molar-refractivity contribution in [1.82, 2.24) is 10.6 Å². The van der Waals surface area contributed by atoms with Crippen molar-refractivity contribution >= 4 is 23.4 Å². The molecule has 0 saturated heterocycles. The predicted octanol–water partition coefficient (Wildman–Crippen LogP) is 2.94. The topological polar surface area (TPSA) is 168 Å². The Labute approximate surface area is 328 Å². The van der Waals surface area contributed by atoms with Crippen molar-refractivity contribution in [2.45, 2.75) is 102 Å². The van der Waals surface area contributed by atoms with E-state index in [0.29, 0.717) is 143 Å². The highest BCUT2D eigenvalue weighted by Gasteiger charge is 2.52. The monoisotopic (exact) mass is 772 g/mol. The fraction of sp³-hybridized carbons (Fsp3) is 0.762. The van der Waals surface area contributed by atoms with Crippen LogP contribution in [0.3, 0.4) is 0 Å². The van der Waals surface area contributed by atoms with Crippen molar-refractivity contribution in [1.29, 1.82) is 0 Å². The van der Waals surface area contributed by atoms with E-state index >= 15 is 0 Å². The van der Waals surface area contributed by atoms with Gasteiger partial charge < -0.3 is 44.2 Å². The fourth-order valence-electron chi connectivity index (χ4n) is 7.17. The zero-order valence-electron chi connectivity index (χ0n) is 32.8. The van der Waals surface area contributed by atoms with Crippen LogP contribution in [0, 0.1) is 47.9 Å². The summed E-state index contributed by atoms with van der Waals surface area (Å²) in [6.07, 6.45) is 21.6. The molecule has 0 aromatic heterocycles. The summed E-state index contributed by atoms with van der Waals surface area (Å²) >= 11 is 0. The first-order chi connectivity index (χ1) is 26.6. The Morgan fingerprint density at radius 1 is 0.564 bits per heavy atom. The molecule has 55 heavy (non-hydrogen) atoms. The SMILES string of the molecule is C#CCOCCOCCCC(=O)CCC(CCC(=O)NCCOCCOCC#C)(CCC(=O)NCCOCCOCC#C)CC(=O)C12CCC(O)(CC1)CC2. The number of carbonyl (C=O) groups is 4. The molecular weight excluding hydrogens is 708 g/mol. The summed E-state index contributed by atoms with van der Waals surface area (Å²) in [6.45, 7) is 4.35. The Kier molecular flexibility index (Phi) is 24.5. The summed E-state index contributed by atoms with van der Waals surface area (Å²) in [6, 6.07) is 0. The lowest BCUT2D eigenvalue weighted by atomic mass is 9.55. The molecule has 3 aliphatic rings. The van der Waals surface area contributed by atoms with Gasteiger partial charge in [-0.2, -0.15) is 0 Å². The third-order valence-corrected chi connectivity index (χ3v) is 10.6. The Bertz CT molecular complexity index is 1140. The Hall–Kier alpha value is -3.32. The summed E-state index contributed by atoms with van der Waals surface area (Å²) in [7, 11) is 0. The van der Waals surface area contributed by atoms with Crippen LogP contribution in [0.4, 0.5) is 0 Å². The standard InChI is InChI=1S/C42H64N2O11/c1-4-23-50-29-32-53-26-7-8-36(45)9-12-40(13-10-38(47)43-21-27-54-33-30-51-24-5-2,14-11-39(48)44-22-28-55-34-31-52-25-6-3)35-37(46)41-15-18-42(49,19-16-41)20-17-41/h1-3,49H,7-35H2,(H,43,47)(H,44,48). The normalized spacial score (nSPS) is 18.9. The molecule has 0 heterocycles. The number of amides is 2. The zero-order chi connectivity index (χ0) is 40.1. The Morgan fingerprint density at radius 2 is 0.982 bits per heavy atom. The number of fused-ring (bicyclic) bond motifs is 3. The van der Waals surface area contributed by atoms with Gasteiger partial charge in [-0.3, -0.25) is 19.2 Å². The van der Waals surface area contributed by atoms with Gasteiger partial charge in [0.05, 0.1) is 58.5 Å². The minimum atomic E-state index is -0.776. The first-order valence-corrected chi connectivity index (χ1v) is 19.7. The lowest BCUT2D eigenvalue weighted by Gasteiger charge is -2.51. The molecule has 3 aliphatic carbocycles. The molecule has 2 amide bonds. The van der Waals surface area contributed by atoms with Crippen molar-refractivity contribution < 1.29 is 52.7 Å². The van der Waals surface area contributed by atoms with Crippen LogP contribution in [-0.4, -0.2) is 126 Å². The van der Waals surface area contributed by atoms with Crippen molar-refractivity contribution in [2.24, 2.45) is 10.8 Å². The van der Waals surface area contributed by atoms with Gasteiger partial charge in [-0.25, -0.2) is 0 Å². The van der Waals surface area contributed by atoms with Crippen molar-refractivity contribution in [3.63, 3.8) is 0 Å². The van der Waals surface area contributed by atoms with Crippen LogP contribution in [0.2, 0.25) is 0 Å². The van der Waals surface area contributed by atoms with Crippen LogP contribution in [0.25, 0.3) is 0 Å². The molecule has 308 valence electrons. The minimum Gasteiger partial charge on any atom is -0.390 e. The van der Waals surface area contributed by atoms with Gasteiger partial charge >= 0.3 is 0 Å². The summed E-state index contributed by atoms with van der Waals surface area (Å²) in [4.78, 5) is 53.8. The highest BCUT2D eigenvalue weighted by atomic mass is 16.5. The Balaban J connectivity index is 2.09. The second-order valence-electron chi connectivity index (χ2n) is 14.6. The lowest BCUT2D eigenvalue weighted by molar-refractivity contribution is -0.149. The van der Waals surface area contributed by atoms with Gasteiger partial charge in [0.1, 0.15) is 31.4 Å². The van der Waals surface area contributed by atoms with Crippen LogP contribution in [0.1, 0.15) is 96.3 Å². The third kappa shape index (κ3) is 20.4. The van der Waals surface area contributed by atoms with E-state index in [9.17, 15) is 24.3 Å². The second-order valence-corrected chi connectivity index (χ2v) is 14.6. The van der Waals surface area contributed by atoms with Gasteiger partial charge in [-0.1, -0.05) is 17.8 Å². The zero-order valence-corrected chi connectivity index (χ0v) is 32.8. The van der Waals surface area contributed by atoms with Gasteiger partial charge in [0.25, 0.3) is 0 Å². The molecular formula is C42H64N2O11. The van der Waals surface area contributed by atoms with Crippen LogP contribution < -0.4 is 10.6 Å². The van der Waals surface area contributed by atoms with Crippen molar-refractivity contribution in [3.8, 4) is 37.0 Å². The number of ketones is 2. The van der Waals surface area contributed by atoms with Crippen LogP contribution in [0.15, 0.2) is 0 Å². The molecule has 0 aliphatic heterocycles. The lowest BCUT2D eigenvalue weighted by Crippen LogP contribution is -2.50. The number of Topliss-reactive ketones (excluding diaryl/α,β-unsaturated/α-hetero) is 2. The molecule has 13 heteroatoms. The quantitative estimate of drug-likeness (QED) is 0.0650. The highest BCUT2D eigenvalue weighted by Crippen LogP contribution is 2.55. The molecule has 3 rings (SSSR count). The first kappa shape index (κ1) is 47.8. The summed E-state index contributed by atoms with van der Waals surface area (Å²) < 4.78 is 32.1. The van der Waals surface area contributed by atoms with Crippen LogP contribution >= 0.6 is 0 Å². The molecule has 0 spiro atoms. The minimum absolute atomic E-state index is 0.0308. The molecule has 3 saturated carbocycles. The maximum Gasteiger partial charge on any atom is 0.220 e. The number of hydrogen-bond donors (Lipinski definition) is 3. The average Bonchev–Trinajstić information content (AvgIpc) is 3.18. The number of rotatable bonds is 34. The summed E-state index contributed by atoms with van der Waals surface area (Å²) in [5.74, 6) is 6.90. The van der Waals surface area contributed by atoms with Gasteiger partial charge in [0.2, 0.25) is 11.8 Å². The maximum absolute atomic E-state index is 14.4. The second kappa shape index (κ2) is 28.1. The summed E-state index contributed by atoms with van der Waals surface area (Å²) in [5, 5.41) is 16.6. The van der Waals surface area contributed by atoms with E-state index in [2.05, 4.69) is 28.4 Å². The largest absolute Gasteiger partial charge is 0.390 e. The average molecular weight is 773 g/mol. The molecule has 2 bridgehead atoms. The number of aliphatic hydroxyl groups is 1. The summed E-state index contributed by atoms with van der Waals surface area (Å²) in [5.41, 5.74) is -2.01. The van der Waals surface area contributed by atoms with E-state index in [-0.39, 0.29) is 68.9 Å². The first-order valence-electron chi connectivity index (χ1n) is 19.7. The maximum atomic E-state index is 14.4. The molecule has 0 aromatic rings. The smallest absolute Gasteiger partial charge is 0.220 e. The molecule has 0 radical (unpaired) electrons. The molecule has 3 N–H and O–H groups in total. The van der Waals surface area contributed by atoms with Crippen molar-refractivity contribution in [2.75, 3.05) is 92.4 Å². The Morgan fingerprint density at radius 3 is 1.44 bits per heavy atom. The molecule has 0 unspecified atom stereocenters. The van der Waals surface area contributed by atoms with Gasteiger partial charge in [0.15, 0.2) is 0 Å². The number of nitrogens with one attached hydrogen (secondary N) is 2. The highest BCUT2D eigenvalue weighted by molar-refractivity contribution is 5.86. The third-order valence-electron chi connectivity index (χ3n) is 10.6. The predicted molar refractivity (Wildman–Crippen MR) is 207 cm³/mol. The van der Waals surface area contributed by atoms with Gasteiger partial charge in [-0.15, -0.1) is 19.3 Å². The number of carbonyl (C=O) groups excluding carboxylic acids is 4. The molecule has 0 aromatic carbocycles. The van der Waals surface area contributed by atoms with E-state index in [4.69, 9.17) is 47.7 Å². The van der Waals surface area contributed by atoms with Gasteiger partial charge in [-0.05, 0) is 69.6 Å². The van der Waals surface area contributed by atoms with E-state index in [0.717, 1.165) is 0 Å². The van der Waals surface area contributed by atoms with Crippen molar-refractivity contribution in [3.05, 3.63) is 0 Å². The molecule has 13 nitrogen and oxygen atoms in total. The number of terminal acetylenes is 3. The van der Waals surface area contributed by atoms with Crippen LogP contribution in [0.5, 0.6) is 0 Å². The number of ether oxygens (including phenoxy) is 6. The molecule has 0 atom stereocenters. The number of hydrogen-bond acceptors (Lipinski definition) is 11. The van der Waals surface area contributed by atoms with E-state index < -0.39 is 16.4 Å². The van der Waals surface area contributed by atoms with E-state index in [1.54, 1.807) is 0 Å². The fourth-order valence-corrected chi connectivity index (χ4v) is 7.17. The molecule has 3 fully saturated rings. The van der Waals surface area contributed by atoms with Crippen LogP contribution in [-0.2, 0) is 47.6 Å². The van der Waals surface area contributed by atoms with E-state index in [1.807, 2.05) is 0 Å². The van der Waals surface area contributed by atoms with Gasteiger partial charge in [0, 0.05) is 57.2 Å². The van der Waals surface area contributed by atoms with E-state index in [1.165, 1.54) is 0 Å².